The predicted molar refractivity (Wildman–Crippen MR) is 106 cm³/mol. The van der Waals surface area contributed by atoms with Crippen molar-refractivity contribution in [1.29, 1.82) is 0 Å². The summed E-state index contributed by atoms with van der Waals surface area (Å²) in [6.45, 7) is 0. The molecule has 5 rings (SSSR count). The van der Waals surface area contributed by atoms with Crippen LogP contribution in [0.1, 0.15) is 62.2 Å². The normalized spacial score (nSPS) is 21.4. The third-order valence-electron chi connectivity index (χ3n) is 6.39. The maximum Gasteiger partial charge on any atom is 0.248 e. The molecule has 0 radical (unpaired) electrons. The van der Waals surface area contributed by atoms with Crippen LogP contribution in [0.5, 0.6) is 0 Å². The lowest BCUT2D eigenvalue weighted by Gasteiger charge is -2.37. The van der Waals surface area contributed by atoms with Gasteiger partial charge in [-0.15, -0.1) is 5.10 Å². The second-order valence-corrected chi connectivity index (χ2v) is 8.35. The Balaban J connectivity index is 1.49. The number of carbonyl (C=O) groups is 1. The first-order valence-electron chi connectivity index (χ1n) is 10.0. The summed E-state index contributed by atoms with van der Waals surface area (Å²) >= 11 is 6.40. The Bertz CT molecular complexity index is 1010. The number of nitrogens with one attached hydrogen (secondary N) is 2. The molecule has 1 atom stereocenters. The Kier molecular flexibility index (Phi) is 4.34. The van der Waals surface area contributed by atoms with Gasteiger partial charge in [-0.05, 0) is 54.2 Å². The number of amides is 1. The second kappa shape index (κ2) is 6.88. The van der Waals surface area contributed by atoms with E-state index in [1.54, 1.807) is 11.0 Å². The van der Waals surface area contributed by atoms with Gasteiger partial charge in [-0.3, -0.25) is 4.79 Å². The fourth-order valence-corrected chi connectivity index (χ4v) is 5.16. The number of aromatic nitrogens is 5. The van der Waals surface area contributed by atoms with Gasteiger partial charge in [-0.2, -0.15) is 0 Å². The summed E-state index contributed by atoms with van der Waals surface area (Å²) in [4.78, 5) is 17.0. The third kappa shape index (κ3) is 2.71. The summed E-state index contributed by atoms with van der Waals surface area (Å²) in [5.74, 6) is 0.0158. The zero-order valence-corrected chi connectivity index (χ0v) is 16.4. The minimum Gasteiger partial charge on any atom is -0.355 e. The number of nitrogens with zero attached hydrogens (tertiary/aromatic N) is 4. The van der Waals surface area contributed by atoms with E-state index in [0.29, 0.717) is 0 Å². The van der Waals surface area contributed by atoms with Crippen LogP contribution in [0.2, 0.25) is 5.02 Å². The first-order chi connectivity index (χ1) is 13.7. The minimum atomic E-state index is -0.691. The molecule has 8 heteroatoms. The molecule has 1 amide bonds. The van der Waals surface area contributed by atoms with Gasteiger partial charge in [0.2, 0.25) is 5.91 Å². The van der Waals surface area contributed by atoms with Gasteiger partial charge in [0.25, 0.3) is 0 Å². The number of aryl methyl sites for hydroxylation is 1. The van der Waals surface area contributed by atoms with Gasteiger partial charge in [0.1, 0.15) is 11.9 Å². The van der Waals surface area contributed by atoms with Crippen molar-refractivity contribution >= 4 is 28.4 Å². The third-order valence-corrected chi connectivity index (χ3v) is 6.70. The van der Waals surface area contributed by atoms with Crippen molar-refractivity contribution in [2.45, 2.75) is 62.9 Å². The fraction of sp³-hybridized carbons (Fsp3) is 0.500. The van der Waals surface area contributed by atoms with E-state index < -0.39 is 5.54 Å². The molecule has 0 spiro atoms. The molecule has 2 heterocycles. The van der Waals surface area contributed by atoms with E-state index in [-0.39, 0.29) is 11.9 Å². The molecule has 3 aromatic rings. The summed E-state index contributed by atoms with van der Waals surface area (Å²) in [6.07, 6.45) is 9.20. The van der Waals surface area contributed by atoms with Crippen LogP contribution in [0.3, 0.4) is 0 Å². The van der Waals surface area contributed by atoms with Gasteiger partial charge >= 0.3 is 0 Å². The van der Waals surface area contributed by atoms with Crippen LogP contribution in [0.15, 0.2) is 24.5 Å². The molecule has 2 N–H and O–H groups in total. The lowest BCUT2D eigenvalue weighted by molar-refractivity contribution is -0.133. The number of aromatic amines is 1. The number of H-pyrrole nitrogens is 1. The van der Waals surface area contributed by atoms with Crippen molar-refractivity contribution in [1.82, 2.24) is 30.5 Å². The van der Waals surface area contributed by atoms with E-state index in [9.17, 15) is 4.79 Å². The van der Waals surface area contributed by atoms with Crippen molar-refractivity contribution in [3.8, 4) is 0 Å². The monoisotopic (exact) mass is 398 g/mol. The minimum absolute atomic E-state index is 0.0158. The lowest BCUT2D eigenvalue weighted by atomic mass is 9.80. The number of benzene rings is 1. The summed E-state index contributed by atoms with van der Waals surface area (Å²) in [5.41, 5.74) is 2.63. The standard InChI is InChI=1S/C20H23ClN6O/c21-15-8-4-6-13-14-7-5-9-16(18(14)24-17(13)15)23-19(28)20(10-2-1-3-11-20)27-12-22-25-26-27/h4,6,8,12,16,24H,1-3,5,7,9-11H2,(H,23,28)/t16-/m1/s1. The molecular formula is C20H23ClN6O. The van der Waals surface area contributed by atoms with Crippen LogP contribution < -0.4 is 5.32 Å². The Morgan fingerprint density at radius 2 is 2.11 bits per heavy atom. The van der Waals surface area contributed by atoms with Crippen LogP contribution in [0.4, 0.5) is 0 Å². The van der Waals surface area contributed by atoms with Gasteiger partial charge in [-0.1, -0.05) is 43.0 Å². The summed E-state index contributed by atoms with van der Waals surface area (Å²) in [6, 6.07) is 5.93. The van der Waals surface area contributed by atoms with Crippen LogP contribution in [0, 0.1) is 0 Å². The predicted octanol–water partition coefficient (Wildman–Crippen LogP) is 3.66. The fourth-order valence-electron chi connectivity index (χ4n) is 4.94. The molecule has 1 aromatic carbocycles. The molecular weight excluding hydrogens is 376 g/mol. The number of fused-ring (bicyclic) bond motifs is 3. The number of carbonyl (C=O) groups excluding carboxylic acids is 1. The highest BCUT2D eigenvalue weighted by atomic mass is 35.5. The van der Waals surface area contributed by atoms with Crippen molar-refractivity contribution < 1.29 is 4.79 Å². The number of rotatable bonds is 3. The molecule has 2 aliphatic rings. The summed E-state index contributed by atoms with van der Waals surface area (Å²) in [7, 11) is 0. The Labute approximate surface area is 167 Å². The van der Waals surface area contributed by atoms with Crippen molar-refractivity contribution in [2.24, 2.45) is 0 Å². The van der Waals surface area contributed by atoms with Gasteiger partial charge in [-0.25, -0.2) is 4.68 Å². The Morgan fingerprint density at radius 3 is 2.89 bits per heavy atom. The second-order valence-electron chi connectivity index (χ2n) is 7.94. The van der Waals surface area contributed by atoms with Gasteiger partial charge < -0.3 is 10.3 Å². The number of hydrogen-bond donors (Lipinski definition) is 2. The highest BCUT2D eigenvalue weighted by Gasteiger charge is 2.44. The molecule has 0 saturated heterocycles. The van der Waals surface area contributed by atoms with E-state index >= 15 is 0 Å². The van der Waals surface area contributed by atoms with E-state index in [0.717, 1.165) is 73.0 Å². The molecule has 0 bridgehead atoms. The van der Waals surface area contributed by atoms with Gasteiger partial charge in [0.05, 0.1) is 16.6 Å². The van der Waals surface area contributed by atoms with E-state index in [1.165, 1.54) is 5.56 Å². The molecule has 7 nitrogen and oxygen atoms in total. The van der Waals surface area contributed by atoms with Gasteiger partial charge in [0.15, 0.2) is 0 Å². The number of para-hydroxylation sites is 1. The molecule has 1 saturated carbocycles. The highest BCUT2D eigenvalue weighted by molar-refractivity contribution is 6.35. The van der Waals surface area contributed by atoms with Crippen molar-refractivity contribution in [3.05, 3.63) is 40.8 Å². The zero-order chi connectivity index (χ0) is 19.1. The van der Waals surface area contributed by atoms with Crippen LogP contribution in [-0.4, -0.2) is 31.1 Å². The van der Waals surface area contributed by atoms with Crippen LogP contribution in [-0.2, 0) is 16.8 Å². The average Bonchev–Trinajstić information content (AvgIpc) is 3.38. The molecule has 2 aromatic heterocycles. The topological polar surface area (TPSA) is 88.5 Å². The quantitative estimate of drug-likeness (QED) is 0.704. The first-order valence-corrected chi connectivity index (χ1v) is 10.4. The summed E-state index contributed by atoms with van der Waals surface area (Å²) < 4.78 is 1.66. The zero-order valence-electron chi connectivity index (χ0n) is 15.6. The van der Waals surface area contributed by atoms with Gasteiger partial charge in [0, 0.05) is 11.1 Å². The molecule has 0 unspecified atom stereocenters. The van der Waals surface area contributed by atoms with E-state index in [1.807, 2.05) is 12.1 Å². The first kappa shape index (κ1) is 17.7. The van der Waals surface area contributed by atoms with Crippen LogP contribution in [0.25, 0.3) is 10.9 Å². The smallest absolute Gasteiger partial charge is 0.248 e. The van der Waals surface area contributed by atoms with Crippen molar-refractivity contribution in [2.75, 3.05) is 0 Å². The maximum absolute atomic E-state index is 13.5. The largest absolute Gasteiger partial charge is 0.355 e. The number of hydrogen-bond acceptors (Lipinski definition) is 4. The molecule has 28 heavy (non-hydrogen) atoms. The number of tetrazole rings is 1. The molecule has 146 valence electrons. The Hall–Kier alpha value is -2.41. The SMILES string of the molecule is O=C(N[C@@H]1CCCc2c1[nH]c1c(Cl)cccc21)C1(n2cnnn2)CCCCC1. The average molecular weight is 399 g/mol. The molecule has 2 aliphatic carbocycles. The maximum atomic E-state index is 13.5. The summed E-state index contributed by atoms with van der Waals surface area (Å²) in [5, 5.41) is 16.8. The van der Waals surface area contributed by atoms with Crippen molar-refractivity contribution in [3.63, 3.8) is 0 Å². The lowest BCUT2D eigenvalue weighted by Crippen LogP contribution is -2.51. The van der Waals surface area contributed by atoms with E-state index in [2.05, 4.69) is 31.9 Å². The Morgan fingerprint density at radius 1 is 1.25 bits per heavy atom. The van der Waals surface area contributed by atoms with Crippen LogP contribution >= 0.6 is 11.6 Å². The molecule has 0 aliphatic heterocycles. The highest BCUT2D eigenvalue weighted by Crippen LogP contribution is 2.39. The molecule has 1 fully saturated rings. The van der Waals surface area contributed by atoms with E-state index in [4.69, 9.17) is 11.6 Å². The number of halogens is 1.